The van der Waals surface area contributed by atoms with Crippen LogP contribution in [0.4, 0.5) is 5.82 Å². The summed E-state index contributed by atoms with van der Waals surface area (Å²) in [7, 11) is 3.19. The third kappa shape index (κ3) is 4.12. The van der Waals surface area contributed by atoms with Gasteiger partial charge in [0, 0.05) is 18.6 Å². The minimum atomic E-state index is 0.143. The molecule has 0 saturated heterocycles. The molecule has 2 heterocycles. The van der Waals surface area contributed by atoms with Gasteiger partial charge in [0.05, 0.1) is 32.0 Å². The second-order valence-corrected chi connectivity index (χ2v) is 5.47. The molecule has 0 aliphatic heterocycles. The Balaban J connectivity index is 1.95. The van der Waals surface area contributed by atoms with Gasteiger partial charge in [-0.2, -0.15) is 0 Å². The van der Waals surface area contributed by atoms with Crippen molar-refractivity contribution in [2.24, 2.45) is 0 Å². The summed E-state index contributed by atoms with van der Waals surface area (Å²) in [4.78, 5) is 8.53. The van der Waals surface area contributed by atoms with Crippen molar-refractivity contribution >= 4 is 28.3 Å². The Labute approximate surface area is 149 Å². The quantitative estimate of drug-likeness (QED) is 0.484. The predicted octanol–water partition coefficient (Wildman–Crippen LogP) is 3.52. The lowest BCUT2D eigenvalue weighted by Gasteiger charge is -2.14. The summed E-state index contributed by atoms with van der Waals surface area (Å²) < 4.78 is 21.4. The number of aromatic nitrogens is 2. The zero-order chi connectivity index (χ0) is 17.6. The van der Waals surface area contributed by atoms with Gasteiger partial charge < -0.3 is 23.9 Å². The first-order chi connectivity index (χ1) is 12.2. The van der Waals surface area contributed by atoms with Gasteiger partial charge >= 0.3 is 0 Å². The van der Waals surface area contributed by atoms with Crippen LogP contribution in [-0.2, 0) is 11.3 Å². The Morgan fingerprint density at radius 3 is 2.76 bits per heavy atom. The average molecular weight is 364 g/mol. The normalized spacial score (nSPS) is 10.8. The van der Waals surface area contributed by atoms with Crippen LogP contribution in [0.25, 0.3) is 10.9 Å². The number of hydrogen-bond acceptors (Lipinski definition) is 7. The highest BCUT2D eigenvalue weighted by molar-refractivity contribution is 6.28. The monoisotopic (exact) mass is 363 g/mol. The van der Waals surface area contributed by atoms with E-state index in [1.807, 2.05) is 18.2 Å². The van der Waals surface area contributed by atoms with Crippen molar-refractivity contribution in [2.75, 3.05) is 32.8 Å². The Bertz CT molecular complexity index is 840. The van der Waals surface area contributed by atoms with Crippen LogP contribution in [0.15, 0.2) is 34.9 Å². The van der Waals surface area contributed by atoms with E-state index in [0.717, 1.165) is 11.1 Å². The second kappa shape index (κ2) is 8.04. The smallest absolute Gasteiger partial charge is 0.224 e. The maximum Gasteiger partial charge on any atom is 0.224 e. The summed E-state index contributed by atoms with van der Waals surface area (Å²) in [5.41, 5.74) is 0.651. The molecule has 3 aromatic rings. The summed E-state index contributed by atoms with van der Waals surface area (Å²) in [5.74, 6) is 2.52. The van der Waals surface area contributed by atoms with Gasteiger partial charge in [0.15, 0.2) is 11.5 Å². The van der Waals surface area contributed by atoms with Crippen LogP contribution in [0.1, 0.15) is 5.76 Å². The van der Waals surface area contributed by atoms with Gasteiger partial charge in [-0.05, 0) is 29.8 Å². The minimum Gasteiger partial charge on any atom is -0.493 e. The van der Waals surface area contributed by atoms with Crippen LogP contribution >= 0.6 is 11.6 Å². The highest BCUT2D eigenvalue weighted by Crippen LogP contribution is 2.35. The van der Waals surface area contributed by atoms with Crippen LogP contribution in [-0.4, -0.2) is 37.4 Å². The van der Waals surface area contributed by atoms with Gasteiger partial charge in [0.25, 0.3) is 0 Å². The molecule has 0 bridgehead atoms. The van der Waals surface area contributed by atoms with E-state index in [1.165, 1.54) is 0 Å². The molecule has 0 saturated carbocycles. The van der Waals surface area contributed by atoms with Gasteiger partial charge in [-0.1, -0.05) is 0 Å². The molecule has 1 N–H and O–H groups in total. The number of benzene rings is 1. The zero-order valence-electron chi connectivity index (χ0n) is 13.9. The lowest BCUT2D eigenvalue weighted by Crippen LogP contribution is -2.06. The van der Waals surface area contributed by atoms with Gasteiger partial charge in [0.1, 0.15) is 18.2 Å². The molecule has 0 aliphatic rings. The fourth-order valence-electron chi connectivity index (χ4n) is 2.33. The molecule has 132 valence electrons. The van der Waals surface area contributed by atoms with Gasteiger partial charge in [-0.25, -0.2) is 9.97 Å². The van der Waals surface area contributed by atoms with Crippen LogP contribution < -0.4 is 14.8 Å². The lowest BCUT2D eigenvalue weighted by atomic mass is 10.2. The maximum atomic E-state index is 6.05. The van der Waals surface area contributed by atoms with E-state index in [-0.39, 0.29) is 5.28 Å². The number of fused-ring (bicyclic) bond motifs is 1. The van der Waals surface area contributed by atoms with E-state index in [2.05, 4.69) is 15.3 Å². The van der Waals surface area contributed by atoms with Crippen molar-refractivity contribution < 1.29 is 18.6 Å². The molecule has 0 amide bonds. The number of rotatable bonds is 8. The Morgan fingerprint density at radius 2 is 2.04 bits per heavy atom. The number of furan rings is 1. The first-order valence-electron chi connectivity index (χ1n) is 7.64. The van der Waals surface area contributed by atoms with E-state index in [4.69, 9.17) is 30.2 Å². The van der Waals surface area contributed by atoms with Crippen LogP contribution in [0.2, 0.25) is 5.28 Å². The summed E-state index contributed by atoms with van der Waals surface area (Å²) in [6.07, 6.45) is 1.62. The highest BCUT2D eigenvalue weighted by Gasteiger charge is 2.13. The van der Waals surface area contributed by atoms with E-state index >= 15 is 0 Å². The van der Waals surface area contributed by atoms with Gasteiger partial charge in [0.2, 0.25) is 5.28 Å². The molecule has 8 heteroatoms. The highest BCUT2D eigenvalue weighted by atomic mass is 35.5. The van der Waals surface area contributed by atoms with Crippen molar-refractivity contribution in [3.63, 3.8) is 0 Å². The second-order valence-electron chi connectivity index (χ2n) is 5.14. The van der Waals surface area contributed by atoms with Crippen LogP contribution in [0, 0.1) is 0 Å². The number of methoxy groups -OCH3 is 2. The zero-order valence-corrected chi connectivity index (χ0v) is 14.7. The summed E-state index contributed by atoms with van der Waals surface area (Å²) in [6.45, 7) is 1.35. The SMILES string of the molecule is COCCOc1cc2c(NCc3ccco3)nc(Cl)nc2cc1OC. The molecule has 7 nitrogen and oxygen atoms in total. The molecule has 3 rings (SSSR count). The lowest BCUT2D eigenvalue weighted by molar-refractivity contribution is 0.144. The number of nitrogens with zero attached hydrogens (tertiary/aromatic N) is 2. The molecule has 0 atom stereocenters. The molecule has 1 aromatic carbocycles. The molecule has 0 fully saturated rings. The largest absolute Gasteiger partial charge is 0.493 e. The average Bonchev–Trinajstić information content (AvgIpc) is 3.13. The Morgan fingerprint density at radius 1 is 1.16 bits per heavy atom. The molecule has 0 aliphatic carbocycles. The van der Waals surface area contributed by atoms with E-state index < -0.39 is 0 Å². The van der Waals surface area contributed by atoms with Crippen molar-refractivity contribution in [1.29, 1.82) is 0 Å². The first kappa shape index (κ1) is 17.3. The summed E-state index contributed by atoms with van der Waals surface area (Å²) in [6, 6.07) is 7.29. The van der Waals surface area contributed by atoms with E-state index in [1.54, 1.807) is 26.5 Å². The van der Waals surface area contributed by atoms with Crippen LogP contribution in [0.3, 0.4) is 0 Å². The van der Waals surface area contributed by atoms with Crippen LogP contribution in [0.5, 0.6) is 11.5 Å². The van der Waals surface area contributed by atoms with E-state index in [9.17, 15) is 0 Å². The minimum absolute atomic E-state index is 0.143. The van der Waals surface area contributed by atoms with Crippen molar-refractivity contribution in [3.05, 3.63) is 41.6 Å². The summed E-state index contributed by atoms with van der Waals surface area (Å²) >= 11 is 6.05. The maximum absolute atomic E-state index is 6.05. The molecule has 2 aromatic heterocycles. The van der Waals surface area contributed by atoms with Gasteiger partial charge in [-0.15, -0.1) is 0 Å². The third-order valence-electron chi connectivity index (χ3n) is 3.51. The standard InChI is InChI=1S/C17H18ClN3O4/c1-22-6-7-25-15-8-12-13(9-14(15)23-2)20-17(18)21-16(12)19-10-11-4-3-5-24-11/h3-5,8-9H,6-7,10H2,1-2H3,(H,19,20,21). The Hall–Kier alpha value is -2.51. The summed E-state index contributed by atoms with van der Waals surface area (Å²) in [5, 5.41) is 4.12. The van der Waals surface area contributed by atoms with E-state index in [0.29, 0.717) is 42.6 Å². The molecular weight excluding hydrogens is 346 g/mol. The molecule has 0 unspecified atom stereocenters. The number of anilines is 1. The first-order valence-corrected chi connectivity index (χ1v) is 8.02. The number of halogens is 1. The molecular formula is C17H18ClN3O4. The number of nitrogens with one attached hydrogen (secondary N) is 1. The molecule has 25 heavy (non-hydrogen) atoms. The molecule has 0 radical (unpaired) electrons. The third-order valence-corrected chi connectivity index (χ3v) is 3.68. The fraction of sp³-hybridized carbons (Fsp3) is 0.294. The van der Waals surface area contributed by atoms with Crippen molar-refractivity contribution in [3.8, 4) is 11.5 Å². The Kier molecular flexibility index (Phi) is 5.57. The topological polar surface area (TPSA) is 78.6 Å². The van der Waals surface area contributed by atoms with Gasteiger partial charge in [-0.3, -0.25) is 0 Å². The number of ether oxygens (including phenoxy) is 3. The number of hydrogen-bond donors (Lipinski definition) is 1. The van der Waals surface area contributed by atoms with Crippen molar-refractivity contribution in [1.82, 2.24) is 9.97 Å². The fourth-order valence-corrected chi connectivity index (χ4v) is 2.51. The predicted molar refractivity (Wildman–Crippen MR) is 94.5 cm³/mol. The molecule has 0 spiro atoms. The van der Waals surface area contributed by atoms with Crippen molar-refractivity contribution in [2.45, 2.75) is 6.54 Å².